The first-order valence-electron chi connectivity index (χ1n) is 4.87. The Bertz CT molecular complexity index is 430. The van der Waals surface area contributed by atoms with Crippen molar-refractivity contribution in [2.45, 2.75) is 12.8 Å². The molecular weight excluding hydrogens is 216 g/mol. The van der Waals surface area contributed by atoms with Gasteiger partial charge in [-0.15, -0.1) is 0 Å². The molecule has 1 aromatic rings. The first-order chi connectivity index (χ1) is 7.70. The molecule has 0 N–H and O–H groups in total. The fourth-order valence-corrected chi connectivity index (χ4v) is 1.28. The number of rotatable bonds is 4. The summed E-state index contributed by atoms with van der Waals surface area (Å²) in [6.07, 6.45) is 2.08. The van der Waals surface area contributed by atoms with Crippen LogP contribution in [0.25, 0.3) is 10.4 Å². The van der Waals surface area contributed by atoms with E-state index in [2.05, 4.69) is 10.0 Å². The van der Waals surface area contributed by atoms with Crippen LogP contribution in [0.3, 0.4) is 0 Å². The third-order valence-electron chi connectivity index (χ3n) is 2.30. The lowest BCUT2D eigenvalue weighted by molar-refractivity contribution is 0.270. The van der Waals surface area contributed by atoms with Crippen LogP contribution in [0.4, 0.5) is 14.5 Å². The predicted octanol–water partition coefficient (Wildman–Crippen LogP) is 3.70. The van der Waals surface area contributed by atoms with Crippen molar-refractivity contribution in [3.05, 3.63) is 34.2 Å². The molecule has 1 aromatic carbocycles. The summed E-state index contributed by atoms with van der Waals surface area (Å²) in [5.41, 5.74) is 8.04. The van der Waals surface area contributed by atoms with Crippen molar-refractivity contribution in [3.8, 4) is 5.75 Å². The predicted molar refractivity (Wildman–Crippen MR) is 53.4 cm³/mol. The van der Waals surface area contributed by atoms with Crippen LogP contribution in [0.1, 0.15) is 12.8 Å². The first-order valence-corrected chi connectivity index (χ1v) is 4.87. The molecule has 0 bridgehead atoms. The van der Waals surface area contributed by atoms with Crippen molar-refractivity contribution in [1.29, 1.82) is 0 Å². The Morgan fingerprint density at radius 1 is 1.38 bits per heavy atom. The summed E-state index contributed by atoms with van der Waals surface area (Å²) in [5, 5.41) is 3.12. The molecule has 0 atom stereocenters. The van der Waals surface area contributed by atoms with E-state index in [4.69, 9.17) is 10.3 Å². The van der Waals surface area contributed by atoms with Crippen molar-refractivity contribution in [2.75, 3.05) is 6.61 Å². The molecule has 0 aromatic heterocycles. The topological polar surface area (TPSA) is 58.0 Å². The highest BCUT2D eigenvalue weighted by Gasteiger charge is 2.23. The smallest absolute Gasteiger partial charge is 0.190 e. The molecule has 0 aliphatic heterocycles. The molecule has 6 heteroatoms. The second kappa shape index (κ2) is 4.37. The van der Waals surface area contributed by atoms with E-state index >= 15 is 0 Å². The van der Waals surface area contributed by atoms with E-state index in [9.17, 15) is 8.78 Å². The summed E-state index contributed by atoms with van der Waals surface area (Å²) >= 11 is 0. The molecule has 0 unspecified atom stereocenters. The molecule has 1 saturated carbocycles. The Balaban J connectivity index is 2.19. The van der Waals surface area contributed by atoms with Crippen LogP contribution in [0.15, 0.2) is 17.2 Å². The van der Waals surface area contributed by atoms with Crippen LogP contribution < -0.4 is 4.74 Å². The Morgan fingerprint density at radius 2 is 2.00 bits per heavy atom. The quantitative estimate of drug-likeness (QED) is 0.438. The Kier molecular flexibility index (Phi) is 2.92. The maximum absolute atomic E-state index is 13.4. The monoisotopic (exact) mass is 225 g/mol. The number of halogens is 2. The van der Waals surface area contributed by atoms with Crippen LogP contribution in [0.5, 0.6) is 5.75 Å². The lowest BCUT2D eigenvalue weighted by atomic mass is 10.3. The van der Waals surface area contributed by atoms with Gasteiger partial charge < -0.3 is 4.74 Å². The molecule has 1 fully saturated rings. The van der Waals surface area contributed by atoms with E-state index in [0.29, 0.717) is 12.5 Å². The number of benzene rings is 1. The van der Waals surface area contributed by atoms with Gasteiger partial charge >= 0.3 is 0 Å². The molecule has 2 rings (SSSR count). The Hall–Kier alpha value is -1.81. The molecule has 0 saturated heterocycles. The minimum absolute atomic E-state index is 0.101. The molecule has 1 aliphatic rings. The Morgan fingerprint density at radius 3 is 2.50 bits per heavy atom. The molecule has 1 aliphatic carbocycles. The van der Waals surface area contributed by atoms with Crippen molar-refractivity contribution < 1.29 is 13.5 Å². The second-order valence-corrected chi connectivity index (χ2v) is 3.68. The molecule has 16 heavy (non-hydrogen) atoms. The minimum atomic E-state index is -0.844. The minimum Gasteiger partial charge on any atom is -0.487 e. The third kappa shape index (κ3) is 2.41. The highest BCUT2D eigenvalue weighted by Crippen LogP contribution is 2.32. The van der Waals surface area contributed by atoms with Gasteiger partial charge in [-0.1, -0.05) is 5.11 Å². The van der Waals surface area contributed by atoms with E-state index in [1.165, 1.54) is 0 Å². The van der Waals surface area contributed by atoms with Crippen molar-refractivity contribution >= 4 is 5.69 Å². The van der Waals surface area contributed by atoms with Gasteiger partial charge in [0.25, 0.3) is 0 Å². The zero-order valence-corrected chi connectivity index (χ0v) is 8.36. The standard InChI is InChI=1S/C10H9F2N3O/c11-8-3-7(14-15-13)4-9(12)10(8)16-5-6-1-2-6/h3-4,6H,1-2,5H2. The fourth-order valence-electron chi connectivity index (χ4n) is 1.28. The van der Waals surface area contributed by atoms with Gasteiger partial charge in [-0.05, 0) is 36.4 Å². The van der Waals surface area contributed by atoms with Crippen LogP contribution in [-0.2, 0) is 0 Å². The number of azide groups is 1. The van der Waals surface area contributed by atoms with Crippen LogP contribution in [0.2, 0.25) is 0 Å². The van der Waals surface area contributed by atoms with E-state index < -0.39 is 17.4 Å². The summed E-state index contributed by atoms with van der Waals surface area (Å²) in [6, 6.07) is 1.90. The SMILES string of the molecule is [N-]=[N+]=Nc1cc(F)c(OCC2CC2)c(F)c1. The average Bonchev–Trinajstić information content (AvgIpc) is 3.00. The summed E-state index contributed by atoms with van der Waals surface area (Å²) in [4.78, 5) is 2.45. The average molecular weight is 225 g/mol. The van der Waals surface area contributed by atoms with Gasteiger partial charge in [0.15, 0.2) is 17.4 Å². The van der Waals surface area contributed by atoms with Crippen molar-refractivity contribution in [2.24, 2.45) is 11.0 Å². The van der Waals surface area contributed by atoms with Crippen LogP contribution >= 0.6 is 0 Å². The summed E-state index contributed by atoms with van der Waals surface area (Å²) < 4.78 is 31.8. The largest absolute Gasteiger partial charge is 0.487 e. The number of hydrogen-bond acceptors (Lipinski definition) is 2. The molecular formula is C10H9F2N3O. The highest BCUT2D eigenvalue weighted by molar-refractivity contribution is 5.43. The van der Waals surface area contributed by atoms with Crippen LogP contribution in [0, 0.1) is 17.6 Å². The zero-order valence-electron chi connectivity index (χ0n) is 8.36. The van der Waals surface area contributed by atoms with Gasteiger partial charge in [0.05, 0.1) is 6.61 Å². The van der Waals surface area contributed by atoms with E-state index in [-0.39, 0.29) is 5.69 Å². The van der Waals surface area contributed by atoms with Gasteiger partial charge in [0, 0.05) is 10.6 Å². The molecule has 0 heterocycles. The highest BCUT2D eigenvalue weighted by atomic mass is 19.1. The van der Waals surface area contributed by atoms with Gasteiger partial charge in [-0.2, -0.15) is 0 Å². The van der Waals surface area contributed by atoms with E-state index in [0.717, 1.165) is 25.0 Å². The summed E-state index contributed by atoms with van der Waals surface area (Å²) in [7, 11) is 0. The molecule has 0 amide bonds. The second-order valence-electron chi connectivity index (χ2n) is 3.68. The molecule has 0 spiro atoms. The van der Waals surface area contributed by atoms with Crippen molar-refractivity contribution in [1.82, 2.24) is 0 Å². The van der Waals surface area contributed by atoms with E-state index in [1.807, 2.05) is 0 Å². The van der Waals surface area contributed by atoms with Gasteiger partial charge in [-0.25, -0.2) is 8.78 Å². The summed E-state index contributed by atoms with van der Waals surface area (Å²) in [6.45, 7) is 0.328. The van der Waals surface area contributed by atoms with Gasteiger partial charge in [-0.3, -0.25) is 0 Å². The summed E-state index contributed by atoms with van der Waals surface area (Å²) in [5.74, 6) is -1.68. The first kappa shape index (κ1) is 10.7. The lowest BCUT2D eigenvalue weighted by Gasteiger charge is -2.07. The van der Waals surface area contributed by atoms with Crippen molar-refractivity contribution in [3.63, 3.8) is 0 Å². The zero-order chi connectivity index (χ0) is 11.5. The molecule has 0 radical (unpaired) electrons. The normalized spacial score (nSPS) is 14.4. The fraction of sp³-hybridized carbons (Fsp3) is 0.400. The number of ether oxygens (including phenoxy) is 1. The van der Waals surface area contributed by atoms with Gasteiger partial charge in [0.2, 0.25) is 0 Å². The maximum Gasteiger partial charge on any atom is 0.190 e. The number of nitrogens with zero attached hydrogens (tertiary/aromatic N) is 3. The van der Waals surface area contributed by atoms with E-state index in [1.54, 1.807) is 0 Å². The molecule has 84 valence electrons. The third-order valence-corrected chi connectivity index (χ3v) is 2.30. The molecule has 4 nitrogen and oxygen atoms in total. The van der Waals surface area contributed by atoms with Crippen LogP contribution in [-0.4, -0.2) is 6.61 Å². The Labute approximate surface area is 90.5 Å². The van der Waals surface area contributed by atoms with Gasteiger partial charge in [0.1, 0.15) is 0 Å². The lowest BCUT2D eigenvalue weighted by Crippen LogP contribution is -2.02. The maximum atomic E-state index is 13.4. The number of hydrogen-bond donors (Lipinski definition) is 0.